The summed E-state index contributed by atoms with van der Waals surface area (Å²) in [5, 5.41) is 3.22. The number of aromatic nitrogens is 4. The molecule has 32 heavy (non-hydrogen) atoms. The fraction of sp³-hybridized carbons (Fsp3) is 0.304. The minimum absolute atomic E-state index is 0.270. The number of hydrogen-bond acceptors (Lipinski definition) is 5. The van der Waals surface area contributed by atoms with Crippen molar-refractivity contribution in [3.8, 4) is 0 Å². The Balaban J connectivity index is 1.65. The normalized spacial score (nSPS) is 11.3. The number of hydrogen-bond donors (Lipinski definition) is 2. The van der Waals surface area contributed by atoms with Gasteiger partial charge in [0.25, 0.3) is 11.5 Å². The number of aryl methyl sites for hydroxylation is 1. The van der Waals surface area contributed by atoms with E-state index in [1.54, 1.807) is 19.1 Å². The van der Waals surface area contributed by atoms with Crippen molar-refractivity contribution >= 4 is 33.8 Å². The summed E-state index contributed by atoms with van der Waals surface area (Å²) in [6, 6.07) is 12.3. The molecular formula is C23H25N5O4. The first-order valence-electron chi connectivity index (χ1n) is 10.6. The highest BCUT2D eigenvalue weighted by molar-refractivity contribution is 6.05. The lowest BCUT2D eigenvalue weighted by Crippen LogP contribution is -2.34. The van der Waals surface area contributed by atoms with E-state index in [0.29, 0.717) is 42.2 Å². The zero-order valence-corrected chi connectivity index (χ0v) is 18.1. The molecule has 2 aromatic carbocycles. The van der Waals surface area contributed by atoms with Gasteiger partial charge in [-0.1, -0.05) is 12.1 Å². The van der Waals surface area contributed by atoms with E-state index in [2.05, 4.69) is 15.3 Å². The number of benzene rings is 2. The molecule has 2 heterocycles. The SMILES string of the molecule is CCOCCCn1c(NC(=O)c2ccc3c(=O)n(CC)c(=O)[nH]c3c2)nc2ccccc21. The zero-order valence-electron chi connectivity index (χ0n) is 18.1. The molecule has 0 spiro atoms. The van der Waals surface area contributed by atoms with Crippen molar-refractivity contribution in [3.05, 3.63) is 68.9 Å². The Kier molecular flexibility index (Phi) is 6.18. The number of imidazole rings is 1. The first-order valence-corrected chi connectivity index (χ1v) is 10.6. The standard InChI is InChI=1S/C23H25N5O4/c1-3-27-21(30)16-11-10-15(14-18(16)25-23(27)31)20(29)26-22-24-17-8-5-6-9-19(17)28(22)12-7-13-32-4-2/h5-6,8-11,14H,3-4,7,12-13H2,1-2H3,(H,25,31)(H,24,26,29). The highest BCUT2D eigenvalue weighted by Gasteiger charge is 2.16. The van der Waals surface area contributed by atoms with Crippen molar-refractivity contribution in [2.24, 2.45) is 0 Å². The largest absolute Gasteiger partial charge is 0.382 e. The van der Waals surface area contributed by atoms with E-state index >= 15 is 0 Å². The van der Waals surface area contributed by atoms with Gasteiger partial charge < -0.3 is 14.3 Å². The lowest BCUT2D eigenvalue weighted by molar-refractivity contribution is 0.102. The second kappa shape index (κ2) is 9.19. The Bertz CT molecular complexity index is 1400. The molecule has 9 nitrogen and oxygen atoms in total. The number of amides is 1. The third-order valence-electron chi connectivity index (χ3n) is 5.31. The van der Waals surface area contributed by atoms with Crippen LogP contribution in [-0.4, -0.2) is 38.2 Å². The zero-order chi connectivity index (χ0) is 22.7. The van der Waals surface area contributed by atoms with Crippen LogP contribution < -0.4 is 16.6 Å². The molecule has 1 amide bonds. The van der Waals surface area contributed by atoms with Crippen molar-refractivity contribution in [2.45, 2.75) is 33.4 Å². The van der Waals surface area contributed by atoms with Crippen molar-refractivity contribution in [1.29, 1.82) is 0 Å². The van der Waals surface area contributed by atoms with Crippen LogP contribution in [0.5, 0.6) is 0 Å². The summed E-state index contributed by atoms with van der Waals surface area (Å²) in [6.07, 6.45) is 0.776. The van der Waals surface area contributed by atoms with E-state index in [-0.39, 0.29) is 18.0 Å². The summed E-state index contributed by atoms with van der Waals surface area (Å²) in [5.41, 5.74) is 1.45. The van der Waals surface area contributed by atoms with Crippen molar-refractivity contribution < 1.29 is 9.53 Å². The molecule has 0 fully saturated rings. The number of para-hydroxylation sites is 2. The van der Waals surface area contributed by atoms with E-state index in [1.807, 2.05) is 35.8 Å². The molecule has 4 aromatic rings. The number of nitrogens with zero attached hydrogens (tertiary/aromatic N) is 3. The Morgan fingerprint density at radius 2 is 1.94 bits per heavy atom. The molecule has 166 valence electrons. The van der Waals surface area contributed by atoms with Gasteiger partial charge in [0.1, 0.15) is 0 Å². The predicted molar refractivity (Wildman–Crippen MR) is 123 cm³/mol. The molecule has 0 saturated carbocycles. The second-order valence-electron chi connectivity index (χ2n) is 7.32. The molecular weight excluding hydrogens is 410 g/mol. The first kappa shape index (κ1) is 21.5. The molecule has 0 radical (unpaired) electrons. The van der Waals surface area contributed by atoms with E-state index in [1.165, 1.54) is 6.07 Å². The van der Waals surface area contributed by atoms with E-state index < -0.39 is 5.69 Å². The van der Waals surface area contributed by atoms with Crippen molar-refractivity contribution in [1.82, 2.24) is 19.1 Å². The number of aromatic amines is 1. The van der Waals surface area contributed by atoms with Crippen LogP contribution in [-0.2, 0) is 17.8 Å². The van der Waals surface area contributed by atoms with Crippen LogP contribution in [0.1, 0.15) is 30.6 Å². The van der Waals surface area contributed by atoms with E-state index in [4.69, 9.17) is 4.74 Å². The summed E-state index contributed by atoms with van der Waals surface area (Å²) >= 11 is 0. The summed E-state index contributed by atoms with van der Waals surface area (Å²) < 4.78 is 8.50. The van der Waals surface area contributed by atoms with Gasteiger partial charge in [-0.25, -0.2) is 9.78 Å². The number of fused-ring (bicyclic) bond motifs is 2. The molecule has 9 heteroatoms. The summed E-state index contributed by atoms with van der Waals surface area (Å²) in [4.78, 5) is 44.8. The van der Waals surface area contributed by atoms with Crippen LogP contribution >= 0.6 is 0 Å². The monoisotopic (exact) mass is 435 g/mol. The topological polar surface area (TPSA) is 111 Å². The van der Waals surface area contributed by atoms with Gasteiger partial charge in [0, 0.05) is 31.9 Å². The van der Waals surface area contributed by atoms with E-state index in [9.17, 15) is 14.4 Å². The number of carbonyl (C=O) groups is 1. The highest BCUT2D eigenvalue weighted by Crippen LogP contribution is 2.21. The molecule has 0 unspecified atom stereocenters. The molecule has 0 bridgehead atoms. The minimum atomic E-state index is -0.501. The lowest BCUT2D eigenvalue weighted by Gasteiger charge is -2.11. The lowest BCUT2D eigenvalue weighted by atomic mass is 10.1. The van der Waals surface area contributed by atoms with Gasteiger partial charge in [-0.05, 0) is 50.6 Å². The van der Waals surface area contributed by atoms with Crippen LogP contribution in [0.25, 0.3) is 21.9 Å². The van der Waals surface area contributed by atoms with Gasteiger partial charge in [0.15, 0.2) is 0 Å². The second-order valence-corrected chi connectivity index (χ2v) is 7.32. The van der Waals surface area contributed by atoms with Gasteiger partial charge in [-0.3, -0.25) is 19.5 Å². The number of nitrogens with one attached hydrogen (secondary N) is 2. The molecule has 0 aliphatic heterocycles. The van der Waals surface area contributed by atoms with Crippen LogP contribution in [0.3, 0.4) is 0 Å². The highest BCUT2D eigenvalue weighted by atomic mass is 16.5. The maximum Gasteiger partial charge on any atom is 0.328 e. The molecule has 0 aliphatic carbocycles. The minimum Gasteiger partial charge on any atom is -0.382 e. The number of rotatable bonds is 8. The number of ether oxygens (including phenoxy) is 1. The maximum absolute atomic E-state index is 13.0. The third kappa shape index (κ3) is 4.06. The summed E-state index contributed by atoms with van der Waals surface area (Å²) in [7, 11) is 0. The number of carbonyl (C=O) groups excluding carboxylic acids is 1. The van der Waals surface area contributed by atoms with Crippen LogP contribution in [0, 0.1) is 0 Å². The quantitative estimate of drug-likeness (QED) is 0.414. The summed E-state index contributed by atoms with van der Waals surface area (Å²) in [6.45, 7) is 5.85. The van der Waals surface area contributed by atoms with E-state index in [0.717, 1.165) is 22.0 Å². The molecule has 2 N–H and O–H groups in total. The molecule has 0 aliphatic rings. The number of anilines is 1. The van der Waals surface area contributed by atoms with Gasteiger partial charge >= 0.3 is 5.69 Å². The average molecular weight is 435 g/mol. The average Bonchev–Trinajstić information content (AvgIpc) is 3.13. The third-order valence-corrected chi connectivity index (χ3v) is 5.31. The smallest absolute Gasteiger partial charge is 0.328 e. The molecule has 0 atom stereocenters. The van der Waals surface area contributed by atoms with Crippen LogP contribution in [0.15, 0.2) is 52.1 Å². The van der Waals surface area contributed by atoms with Crippen molar-refractivity contribution in [3.63, 3.8) is 0 Å². The van der Waals surface area contributed by atoms with Crippen LogP contribution in [0.4, 0.5) is 5.95 Å². The van der Waals surface area contributed by atoms with Gasteiger partial charge in [-0.15, -0.1) is 0 Å². The Hall–Kier alpha value is -3.72. The van der Waals surface area contributed by atoms with Gasteiger partial charge in [-0.2, -0.15) is 0 Å². The Morgan fingerprint density at radius 3 is 2.72 bits per heavy atom. The first-order chi connectivity index (χ1) is 15.5. The molecule has 0 saturated heterocycles. The van der Waals surface area contributed by atoms with Gasteiger partial charge in [0.2, 0.25) is 5.95 Å². The van der Waals surface area contributed by atoms with Crippen molar-refractivity contribution in [2.75, 3.05) is 18.5 Å². The Morgan fingerprint density at radius 1 is 1.12 bits per heavy atom. The fourth-order valence-electron chi connectivity index (χ4n) is 3.72. The Labute approximate surface area is 183 Å². The summed E-state index contributed by atoms with van der Waals surface area (Å²) in [5.74, 6) is 0.0523. The molecule has 4 rings (SSSR count). The van der Waals surface area contributed by atoms with Gasteiger partial charge in [0.05, 0.1) is 21.9 Å². The molecule has 2 aromatic heterocycles. The van der Waals surface area contributed by atoms with Crippen LogP contribution in [0.2, 0.25) is 0 Å². The fourth-order valence-corrected chi connectivity index (χ4v) is 3.72. The maximum atomic E-state index is 13.0. The predicted octanol–water partition coefficient (Wildman–Crippen LogP) is 2.74. The number of H-pyrrole nitrogens is 1.